The maximum absolute atomic E-state index is 11.5. The number of benzene rings is 1. The lowest BCUT2D eigenvalue weighted by Gasteiger charge is -2.35. The third-order valence-electron chi connectivity index (χ3n) is 4.00. The first-order chi connectivity index (χ1) is 10.1. The van der Waals surface area contributed by atoms with E-state index in [2.05, 4.69) is 11.0 Å². The molecule has 0 spiro atoms. The van der Waals surface area contributed by atoms with E-state index in [0.717, 1.165) is 37.1 Å². The SMILES string of the molecule is COC(=O)Cc1ccccc1CN1CCCCC1C(N)=S. The Balaban J connectivity index is 2.14. The van der Waals surface area contributed by atoms with E-state index in [9.17, 15) is 4.79 Å². The highest BCUT2D eigenvalue weighted by Gasteiger charge is 2.25. The van der Waals surface area contributed by atoms with Gasteiger partial charge in [0.15, 0.2) is 0 Å². The minimum Gasteiger partial charge on any atom is -0.469 e. The lowest BCUT2D eigenvalue weighted by Crippen LogP contribution is -2.46. The summed E-state index contributed by atoms with van der Waals surface area (Å²) in [6.45, 7) is 1.77. The van der Waals surface area contributed by atoms with Crippen LogP contribution in [0.1, 0.15) is 30.4 Å². The number of hydrogen-bond donors (Lipinski definition) is 1. The van der Waals surface area contributed by atoms with Crippen molar-refractivity contribution in [2.45, 2.75) is 38.3 Å². The molecule has 0 aliphatic carbocycles. The summed E-state index contributed by atoms with van der Waals surface area (Å²) in [5.41, 5.74) is 8.02. The van der Waals surface area contributed by atoms with E-state index in [1.807, 2.05) is 18.2 Å². The molecule has 1 aliphatic heterocycles. The quantitative estimate of drug-likeness (QED) is 0.666. The number of hydrogen-bond acceptors (Lipinski definition) is 4. The van der Waals surface area contributed by atoms with Crippen LogP contribution >= 0.6 is 12.2 Å². The first-order valence-electron chi connectivity index (χ1n) is 7.28. The topological polar surface area (TPSA) is 55.6 Å². The molecule has 1 aromatic carbocycles. The Kier molecular flexibility index (Phi) is 5.70. The van der Waals surface area contributed by atoms with Crippen molar-refractivity contribution < 1.29 is 9.53 Å². The van der Waals surface area contributed by atoms with E-state index < -0.39 is 0 Å². The maximum atomic E-state index is 11.5. The number of piperidine rings is 1. The second-order valence-corrected chi connectivity index (χ2v) is 5.88. The van der Waals surface area contributed by atoms with Gasteiger partial charge in [-0.05, 0) is 30.5 Å². The van der Waals surface area contributed by atoms with Crippen LogP contribution < -0.4 is 5.73 Å². The Bertz CT molecular complexity index is 519. The molecule has 1 heterocycles. The highest BCUT2D eigenvalue weighted by Crippen LogP contribution is 2.21. The van der Waals surface area contributed by atoms with Crippen molar-refractivity contribution in [3.05, 3.63) is 35.4 Å². The number of nitrogens with zero attached hydrogens (tertiary/aromatic N) is 1. The van der Waals surface area contributed by atoms with E-state index in [0.29, 0.717) is 11.4 Å². The normalized spacial score (nSPS) is 19.2. The van der Waals surface area contributed by atoms with Gasteiger partial charge in [0.1, 0.15) is 0 Å². The molecule has 5 heteroatoms. The van der Waals surface area contributed by atoms with Crippen LogP contribution in [0.15, 0.2) is 24.3 Å². The molecule has 4 nitrogen and oxygen atoms in total. The van der Waals surface area contributed by atoms with Crippen LogP contribution in [-0.2, 0) is 22.5 Å². The first kappa shape index (κ1) is 15.9. The van der Waals surface area contributed by atoms with Gasteiger partial charge in [-0.25, -0.2) is 0 Å². The van der Waals surface area contributed by atoms with Crippen molar-refractivity contribution in [3.8, 4) is 0 Å². The van der Waals surface area contributed by atoms with Gasteiger partial charge in [-0.3, -0.25) is 9.69 Å². The lowest BCUT2D eigenvalue weighted by molar-refractivity contribution is -0.139. The minimum atomic E-state index is -0.216. The van der Waals surface area contributed by atoms with E-state index in [1.54, 1.807) is 0 Å². The fourth-order valence-electron chi connectivity index (χ4n) is 2.83. The molecule has 1 aromatic rings. The molecule has 2 rings (SSSR count). The Morgan fingerprint density at radius 3 is 2.76 bits per heavy atom. The third-order valence-corrected chi connectivity index (χ3v) is 4.27. The Morgan fingerprint density at radius 2 is 2.10 bits per heavy atom. The average molecular weight is 306 g/mol. The van der Waals surface area contributed by atoms with E-state index in [1.165, 1.54) is 13.5 Å². The monoisotopic (exact) mass is 306 g/mol. The second-order valence-electron chi connectivity index (χ2n) is 5.41. The summed E-state index contributed by atoms with van der Waals surface area (Å²) in [5.74, 6) is -0.216. The molecular formula is C16H22N2O2S. The van der Waals surface area contributed by atoms with Crippen molar-refractivity contribution in [1.29, 1.82) is 0 Å². The second kappa shape index (κ2) is 7.52. The standard InChI is InChI=1S/C16H22N2O2S/c1-20-15(19)10-12-6-2-3-7-13(12)11-18-9-5-4-8-14(18)16(17)21/h2-3,6-7,14H,4-5,8-11H2,1H3,(H2,17,21). The van der Waals surface area contributed by atoms with Crippen LogP contribution in [0.2, 0.25) is 0 Å². The van der Waals surface area contributed by atoms with Crippen LogP contribution in [-0.4, -0.2) is 35.6 Å². The molecule has 1 unspecified atom stereocenters. The summed E-state index contributed by atoms with van der Waals surface area (Å²) in [5, 5.41) is 0. The summed E-state index contributed by atoms with van der Waals surface area (Å²) >= 11 is 5.19. The summed E-state index contributed by atoms with van der Waals surface area (Å²) in [6, 6.07) is 8.15. The maximum Gasteiger partial charge on any atom is 0.309 e. The van der Waals surface area contributed by atoms with Crippen LogP contribution in [0.5, 0.6) is 0 Å². The molecule has 1 atom stereocenters. The van der Waals surface area contributed by atoms with Crippen LogP contribution in [0.4, 0.5) is 0 Å². The molecule has 0 amide bonds. The number of esters is 1. The number of thiocarbonyl (C=S) groups is 1. The molecule has 0 radical (unpaired) electrons. The van der Waals surface area contributed by atoms with Gasteiger partial charge < -0.3 is 10.5 Å². The van der Waals surface area contributed by atoms with Gasteiger partial charge in [-0.2, -0.15) is 0 Å². The zero-order chi connectivity index (χ0) is 15.2. The molecule has 0 saturated carbocycles. The van der Waals surface area contributed by atoms with Crippen molar-refractivity contribution in [2.75, 3.05) is 13.7 Å². The summed E-state index contributed by atoms with van der Waals surface area (Å²) in [6.07, 6.45) is 3.66. The molecule has 1 aliphatic rings. The number of ether oxygens (including phenoxy) is 1. The molecule has 114 valence electrons. The number of rotatable bonds is 5. The Hall–Kier alpha value is -1.46. The molecule has 0 bridgehead atoms. The number of likely N-dealkylation sites (tertiary alicyclic amines) is 1. The van der Waals surface area contributed by atoms with E-state index >= 15 is 0 Å². The van der Waals surface area contributed by atoms with Gasteiger partial charge in [-0.15, -0.1) is 0 Å². The highest BCUT2D eigenvalue weighted by atomic mass is 32.1. The molecule has 1 saturated heterocycles. The molecular weight excluding hydrogens is 284 g/mol. The summed E-state index contributed by atoms with van der Waals surface area (Å²) in [7, 11) is 1.42. The number of carbonyl (C=O) groups excluding carboxylic acids is 1. The highest BCUT2D eigenvalue weighted by molar-refractivity contribution is 7.80. The van der Waals surface area contributed by atoms with E-state index in [-0.39, 0.29) is 12.0 Å². The third kappa shape index (κ3) is 4.25. The van der Waals surface area contributed by atoms with Crippen molar-refractivity contribution in [2.24, 2.45) is 5.73 Å². The van der Waals surface area contributed by atoms with Gasteiger partial charge in [0.25, 0.3) is 0 Å². The zero-order valence-electron chi connectivity index (χ0n) is 12.4. The average Bonchev–Trinajstić information content (AvgIpc) is 2.49. The molecule has 1 fully saturated rings. The molecule has 0 aromatic heterocycles. The zero-order valence-corrected chi connectivity index (χ0v) is 13.2. The van der Waals surface area contributed by atoms with Gasteiger partial charge in [-0.1, -0.05) is 42.9 Å². The van der Waals surface area contributed by atoms with Crippen LogP contribution in [0.3, 0.4) is 0 Å². The summed E-state index contributed by atoms with van der Waals surface area (Å²) in [4.78, 5) is 14.4. The van der Waals surface area contributed by atoms with Crippen molar-refractivity contribution in [1.82, 2.24) is 4.90 Å². The predicted octanol–water partition coefficient (Wildman–Crippen LogP) is 2.04. The fourth-order valence-corrected chi connectivity index (χ4v) is 3.10. The lowest BCUT2D eigenvalue weighted by atomic mass is 9.99. The number of methoxy groups -OCH3 is 1. The number of carbonyl (C=O) groups is 1. The van der Waals surface area contributed by atoms with Gasteiger partial charge in [0, 0.05) is 6.54 Å². The van der Waals surface area contributed by atoms with Crippen LogP contribution in [0, 0.1) is 0 Å². The molecule has 21 heavy (non-hydrogen) atoms. The number of nitrogens with two attached hydrogens (primary N) is 1. The fraction of sp³-hybridized carbons (Fsp3) is 0.500. The Labute approximate surface area is 131 Å². The predicted molar refractivity (Wildman–Crippen MR) is 87.0 cm³/mol. The van der Waals surface area contributed by atoms with Gasteiger partial charge in [0.2, 0.25) is 0 Å². The smallest absolute Gasteiger partial charge is 0.309 e. The Morgan fingerprint density at radius 1 is 1.38 bits per heavy atom. The first-order valence-corrected chi connectivity index (χ1v) is 7.69. The molecule has 2 N–H and O–H groups in total. The van der Waals surface area contributed by atoms with Crippen molar-refractivity contribution >= 4 is 23.2 Å². The van der Waals surface area contributed by atoms with Gasteiger partial charge in [0.05, 0.1) is 24.6 Å². The minimum absolute atomic E-state index is 0.167. The largest absolute Gasteiger partial charge is 0.469 e. The van der Waals surface area contributed by atoms with E-state index in [4.69, 9.17) is 22.7 Å². The van der Waals surface area contributed by atoms with Gasteiger partial charge >= 0.3 is 5.97 Å². The van der Waals surface area contributed by atoms with Crippen LogP contribution in [0.25, 0.3) is 0 Å². The summed E-state index contributed by atoms with van der Waals surface area (Å²) < 4.78 is 4.77. The van der Waals surface area contributed by atoms with Crippen molar-refractivity contribution in [3.63, 3.8) is 0 Å².